The van der Waals surface area contributed by atoms with Crippen molar-refractivity contribution in [1.82, 2.24) is 15.5 Å². The van der Waals surface area contributed by atoms with Crippen LogP contribution >= 0.6 is 35.6 Å². The van der Waals surface area contributed by atoms with E-state index in [4.69, 9.17) is 11.6 Å². The van der Waals surface area contributed by atoms with Gasteiger partial charge in [0, 0.05) is 43.3 Å². The first kappa shape index (κ1) is 25.4. The number of nitrogens with zero attached hydrogens (tertiary/aromatic N) is 3. The molecule has 31 heavy (non-hydrogen) atoms. The lowest BCUT2D eigenvalue weighted by Gasteiger charge is -2.40. The Morgan fingerprint density at radius 2 is 2.00 bits per heavy atom. The van der Waals surface area contributed by atoms with Gasteiger partial charge in [-0.05, 0) is 55.6 Å². The molecule has 0 spiro atoms. The molecule has 0 bridgehead atoms. The second-order valence-corrected chi connectivity index (χ2v) is 8.05. The van der Waals surface area contributed by atoms with Crippen molar-refractivity contribution in [1.29, 1.82) is 0 Å². The summed E-state index contributed by atoms with van der Waals surface area (Å²) in [5.41, 5.74) is 2.29. The minimum atomic E-state index is -0.394. The first-order valence-electron chi connectivity index (χ1n) is 10.1. The molecule has 1 aliphatic rings. The number of nitrogens with one attached hydrogen (secondary N) is 2. The van der Waals surface area contributed by atoms with Crippen molar-refractivity contribution in [3.8, 4) is 0 Å². The first-order chi connectivity index (χ1) is 14.5. The number of guanidine groups is 1. The van der Waals surface area contributed by atoms with Gasteiger partial charge in [0.2, 0.25) is 0 Å². The van der Waals surface area contributed by atoms with Crippen LogP contribution in [0, 0.1) is 16.0 Å². The molecule has 2 aromatic rings. The monoisotopic (exact) mass is 557 g/mol. The highest BCUT2D eigenvalue weighted by molar-refractivity contribution is 14.0. The average molecular weight is 558 g/mol. The molecule has 1 fully saturated rings. The van der Waals surface area contributed by atoms with E-state index in [1.807, 2.05) is 12.1 Å². The summed E-state index contributed by atoms with van der Waals surface area (Å²) in [7, 11) is 3.91. The van der Waals surface area contributed by atoms with Crippen LogP contribution in [-0.4, -0.2) is 43.0 Å². The number of nitro groups is 1. The molecule has 168 valence electrons. The zero-order chi connectivity index (χ0) is 21.5. The van der Waals surface area contributed by atoms with E-state index in [-0.39, 0.29) is 29.7 Å². The van der Waals surface area contributed by atoms with Gasteiger partial charge in [-0.15, -0.1) is 24.0 Å². The lowest BCUT2D eigenvalue weighted by atomic mass is 9.85. The lowest BCUT2D eigenvalue weighted by Crippen LogP contribution is -2.44. The second kappa shape index (κ2) is 12.2. The molecule has 2 atom stereocenters. The number of aliphatic imine (C=N–C) groups is 1. The number of hydrogen-bond donors (Lipinski definition) is 2. The Hall–Kier alpha value is -1.91. The third-order valence-electron chi connectivity index (χ3n) is 5.56. The van der Waals surface area contributed by atoms with Crippen LogP contribution in [0.5, 0.6) is 0 Å². The van der Waals surface area contributed by atoms with Gasteiger partial charge in [-0.2, -0.15) is 0 Å². The lowest BCUT2D eigenvalue weighted by molar-refractivity contribution is -0.384. The smallest absolute Gasteiger partial charge is 0.269 e. The van der Waals surface area contributed by atoms with Crippen LogP contribution < -0.4 is 10.6 Å². The summed E-state index contributed by atoms with van der Waals surface area (Å²) >= 11 is 6.24. The topological polar surface area (TPSA) is 82.8 Å². The van der Waals surface area contributed by atoms with Crippen LogP contribution in [0.4, 0.5) is 5.69 Å². The Morgan fingerprint density at radius 3 is 2.65 bits per heavy atom. The van der Waals surface area contributed by atoms with Gasteiger partial charge in [0.25, 0.3) is 5.69 Å². The Labute approximate surface area is 205 Å². The summed E-state index contributed by atoms with van der Waals surface area (Å²) < 4.78 is 0. The molecule has 0 amide bonds. The zero-order valence-corrected chi connectivity index (χ0v) is 20.8. The second-order valence-electron chi connectivity index (χ2n) is 7.61. The molecule has 7 nitrogen and oxygen atoms in total. The average Bonchev–Trinajstić information content (AvgIpc) is 2.74. The molecule has 1 aliphatic heterocycles. The van der Waals surface area contributed by atoms with Gasteiger partial charge in [-0.1, -0.05) is 35.9 Å². The van der Waals surface area contributed by atoms with E-state index in [1.54, 1.807) is 19.2 Å². The number of non-ortho nitro benzene ring substituents is 1. The molecular weight excluding hydrogens is 529 g/mol. The van der Waals surface area contributed by atoms with E-state index in [2.05, 4.69) is 39.7 Å². The van der Waals surface area contributed by atoms with Gasteiger partial charge in [0.15, 0.2) is 5.96 Å². The maximum Gasteiger partial charge on any atom is 0.269 e. The highest BCUT2D eigenvalue weighted by Crippen LogP contribution is 2.35. The van der Waals surface area contributed by atoms with Crippen molar-refractivity contribution in [3.63, 3.8) is 0 Å². The summed E-state index contributed by atoms with van der Waals surface area (Å²) in [6.07, 6.45) is 2.29. The van der Waals surface area contributed by atoms with Crippen molar-refractivity contribution in [3.05, 3.63) is 74.8 Å². The maximum atomic E-state index is 10.8. The van der Waals surface area contributed by atoms with E-state index in [0.717, 1.165) is 36.5 Å². The molecule has 0 aliphatic carbocycles. The van der Waals surface area contributed by atoms with Crippen LogP contribution in [-0.2, 0) is 6.54 Å². The van der Waals surface area contributed by atoms with Gasteiger partial charge >= 0.3 is 0 Å². The highest BCUT2D eigenvalue weighted by Gasteiger charge is 2.30. The van der Waals surface area contributed by atoms with E-state index in [0.29, 0.717) is 24.5 Å². The summed E-state index contributed by atoms with van der Waals surface area (Å²) in [5, 5.41) is 18.3. The number of rotatable bonds is 6. The predicted octanol–water partition coefficient (Wildman–Crippen LogP) is 4.61. The van der Waals surface area contributed by atoms with Crippen molar-refractivity contribution in [2.24, 2.45) is 10.9 Å². The number of likely N-dealkylation sites (tertiary alicyclic amines) is 1. The summed E-state index contributed by atoms with van der Waals surface area (Å²) in [5.74, 6) is 1.14. The molecule has 1 heterocycles. The number of nitro benzene ring substituents is 1. The molecule has 0 aromatic heterocycles. The number of piperidine rings is 1. The van der Waals surface area contributed by atoms with Crippen molar-refractivity contribution < 1.29 is 4.92 Å². The summed E-state index contributed by atoms with van der Waals surface area (Å²) in [6, 6.07) is 15.0. The van der Waals surface area contributed by atoms with Crippen LogP contribution in [0.3, 0.4) is 0 Å². The summed E-state index contributed by atoms with van der Waals surface area (Å²) in [4.78, 5) is 17.1. The van der Waals surface area contributed by atoms with E-state index in [1.165, 1.54) is 17.7 Å². The molecule has 2 N–H and O–H groups in total. The predicted molar refractivity (Wildman–Crippen MR) is 136 cm³/mol. The number of halogens is 2. The van der Waals surface area contributed by atoms with Gasteiger partial charge in [-0.25, -0.2) is 0 Å². The quantitative estimate of drug-likeness (QED) is 0.178. The molecule has 2 unspecified atom stereocenters. The Bertz CT molecular complexity index is 894. The molecule has 9 heteroatoms. The fourth-order valence-electron chi connectivity index (χ4n) is 4.06. The fraction of sp³-hybridized carbons (Fsp3) is 0.409. The standard InChI is InChI=1S/C22H28ClN5O2.HI/c1-24-22(25-14-16-8-10-20(11-9-16)28(29)30)26-15-18-6-4-12-27(2)21(18)17-5-3-7-19(23)13-17;/h3,5,7-11,13,18,21H,4,6,12,14-15H2,1-2H3,(H2,24,25,26);1H. The Balaban J connectivity index is 0.00000341. The molecule has 0 radical (unpaired) electrons. The number of hydrogen-bond acceptors (Lipinski definition) is 4. The van der Waals surface area contributed by atoms with Crippen molar-refractivity contribution in [2.75, 3.05) is 27.2 Å². The van der Waals surface area contributed by atoms with Gasteiger partial charge in [0.1, 0.15) is 0 Å². The third-order valence-corrected chi connectivity index (χ3v) is 5.79. The van der Waals surface area contributed by atoms with Crippen LogP contribution in [0.2, 0.25) is 5.02 Å². The van der Waals surface area contributed by atoms with Crippen LogP contribution in [0.15, 0.2) is 53.5 Å². The van der Waals surface area contributed by atoms with Gasteiger partial charge in [0.05, 0.1) is 4.92 Å². The molecule has 3 rings (SSSR count). The third kappa shape index (κ3) is 7.05. The van der Waals surface area contributed by atoms with Crippen molar-refractivity contribution >= 4 is 47.2 Å². The zero-order valence-electron chi connectivity index (χ0n) is 17.8. The van der Waals surface area contributed by atoms with Crippen molar-refractivity contribution in [2.45, 2.75) is 25.4 Å². The van der Waals surface area contributed by atoms with Gasteiger partial charge < -0.3 is 10.6 Å². The van der Waals surface area contributed by atoms with E-state index in [9.17, 15) is 10.1 Å². The van der Waals surface area contributed by atoms with Crippen LogP contribution in [0.25, 0.3) is 0 Å². The molecular formula is C22H29ClIN5O2. The minimum Gasteiger partial charge on any atom is -0.356 e. The van der Waals surface area contributed by atoms with E-state index < -0.39 is 4.92 Å². The Morgan fingerprint density at radius 1 is 1.26 bits per heavy atom. The summed E-state index contributed by atoms with van der Waals surface area (Å²) in [6.45, 7) is 2.40. The molecule has 1 saturated heterocycles. The fourth-order valence-corrected chi connectivity index (χ4v) is 4.26. The Kier molecular flexibility index (Phi) is 9.98. The highest BCUT2D eigenvalue weighted by atomic mass is 127. The normalized spacial score (nSPS) is 19.4. The molecule has 0 saturated carbocycles. The SMILES string of the molecule is CN=C(NCc1ccc([N+](=O)[O-])cc1)NCC1CCCN(C)C1c1cccc(Cl)c1.I. The van der Waals surface area contributed by atoms with Gasteiger partial charge in [-0.3, -0.25) is 20.0 Å². The van der Waals surface area contributed by atoms with Crippen LogP contribution in [0.1, 0.15) is 30.0 Å². The maximum absolute atomic E-state index is 10.8. The largest absolute Gasteiger partial charge is 0.356 e. The number of benzene rings is 2. The minimum absolute atomic E-state index is 0. The van der Waals surface area contributed by atoms with E-state index >= 15 is 0 Å². The molecule has 2 aromatic carbocycles. The first-order valence-corrected chi connectivity index (χ1v) is 10.5.